The highest BCUT2D eigenvalue weighted by Gasteiger charge is 2.15. The number of rotatable bonds is 3. The van der Waals surface area contributed by atoms with Gasteiger partial charge >= 0.3 is 0 Å². The second kappa shape index (κ2) is 3.84. The fourth-order valence-corrected chi connectivity index (χ4v) is 1.93. The average molecular weight is 189 g/mol. The normalized spacial score (nSPS) is 13.7. The van der Waals surface area contributed by atoms with E-state index in [0.717, 1.165) is 25.1 Å². The van der Waals surface area contributed by atoms with Gasteiger partial charge in [0.2, 0.25) is 0 Å². The fraction of sp³-hybridized carbons (Fsp3) is 0.333. The Labute approximate surface area is 84.4 Å². The second-order valence-corrected chi connectivity index (χ2v) is 3.55. The molecule has 1 aromatic carbocycles. The van der Waals surface area contributed by atoms with Crippen molar-refractivity contribution in [1.82, 2.24) is 0 Å². The monoisotopic (exact) mass is 189 g/mol. The van der Waals surface area contributed by atoms with Gasteiger partial charge in [-0.2, -0.15) is 0 Å². The van der Waals surface area contributed by atoms with E-state index in [1.54, 1.807) is 7.11 Å². The van der Waals surface area contributed by atoms with Crippen molar-refractivity contribution in [2.24, 2.45) is 5.73 Å². The summed E-state index contributed by atoms with van der Waals surface area (Å²) >= 11 is 0. The molecule has 0 amide bonds. The van der Waals surface area contributed by atoms with Gasteiger partial charge in [-0.3, -0.25) is 0 Å². The highest BCUT2D eigenvalue weighted by atomic mass is 16.5. The van der Waals surface area contributed by atoms with Crippen LogP contribution in [0.2, 0.25) is 0 Å². The van der Waals surface area contributed by atoms with Crippen LogP contribution in [0, 0.1) is 0 Å². The van der Waals surface area contributed by atoms with E-state index in [1.165, 1.54) is 16.7 Å². The minimum absolute atomic E-state index is 0.724. The van der Waals surface area contributed by atoms with E-state index in [0.29, 0.717) is 0 Å². The topological polar surface area (TPSA) is 35.2 Å². The number of hydrogen-bond donors (Lipinski definition) is 1. The molecule has 0 unspecified atom stereocenters. The van der Waals surface area contributed by atoms with Gasteiger partial charge < -0.3 is 10.5 Å². The third-order valence-electron chi connectivity index (χ3n) is 2.61. The molecule has 0 fully saturated rings. The van der Waals surface area contributed by atoms with Crippen LogP contribution in [-0.2, 0) is 6.42 Å². The lowest BCUT2D eigenvalue weighted by Crippen LogP contribution is -1.99. The summed E-state index contributed by atoms with van der Waals surface area (Å²) in [5.74, 6) is 0.967. The maximum Gasteiger partial charge on any atom is 0.126 e. The molecule has 0 spiro atoms. The van der Waals surface area contributed by atoms with E-state index >= 15 is 0 Å². The Hall–Kier alpha value is -1.28. The van der Waals surface area contributed by atoms with Gasteiger partial charge in [-0.1, -0.05) is 23.8 Å². The first-order chi connectivity index (χ1) is 6.85. The summed E-state index contributed by atoms with van der Waals surface area (Å²) in [6.07, 6.45) is 4.22. The van der Waals surface area contributed by atoms with Crippen molar-refractivity contribution < 1.29 is 4.74 Å². The Bertz CT molecular complexity index is 369. The van der Waals surface area contributed by atoms with Gasteiger partial charge in [0.05, 0.1) is 7.11 Å². The zero-order valence-electron chi connectivity index (χ0n) is 8.42. The number of nitrogens with two attached hydrogens (primary N) is 1. The molecule has 74 valence electrons. The molecule has 14 heavy (non-hydrogen) atoms. The smallest absolute Gasteiger partial charge is 0.126 e. The first-order valence-corrected chi connectivity index (χ1v) is 4.90. The largest absolute Gasteiger partial charge is 0.496 e. The summed E-state index contributed by atoms with van der Waals surface area (Å²) in [6.45, 7) is 0.724. The minimum atomic E-state index is 0.724. The molecule has 0 heterocycles. The van der Waals surface area contributed by atoms with Crippen molar-refractivity contribution in [3.63, 3.8) is 0 Å². The van der Waals surface area contributed by atoms with E-state index < -0.39 is 0 Å². The van der Waals surface area contributed by atoms with Crippen LogP contribution in [-0.4, -0.2) is 13.7 Å². The first kappa shape index (κ1) is 9.28. The van der Waals surface area contributed by atoms with E-state index in [4.69, 9.17) is 10.5 Å². The van der Waals surface area contributed by atoms with E-state index in [2.05, 4.69) is 12.1 Å². The Morgan fingerprint density at radius 1 is 1.43 bits per heavy atom. The van der Waals surface area contributed by atoms with Crippen molar-refractivity contribution >= 4 is 6.08 Å². The van der Waals surface area contributed by atoms with Crippen LogP contribution >= 0.6 is 0 Å². The van der Waals surface area contributed by atoms with Crippen LogP contribution in [0.3, 0.4) is 0 Å². The summed E-state index contributed by atoms with van der Waals surface area (Å²) in [6, 6.07) is 6.19. The van der Waals surface area contributed by atoms with Gasteiger partial charge in [-0.15, -0.1) is 0 Å². The van der Waals surface area contributed by atoms with Crippen molar-refractivity contribution in [3.05, 3.63) is 34.9 Å². The molecular weight excluding hydrogens is 174 g/mol. The lowest BCUT2D eigenvalue weighted by molar-refractivity contribution is 0.413. The van der Waals surface area contributed by atoms with E-state index in [1.807, 2.05) is 12.1 Å². The molecule has 1 aliphatic rings. The van der Waals surface area contributed by atoms with Crippen LogP contribution in [0.25, 0.3) is 6.08 Å². The minimum Gasteiger partial charge on any atom is -0.496 e. The van der Waals surface area contributed by atoms with Crippen molar-refractivity contribution in [3.8, 4) is 5.75 Å². The molecule has 0 aliphatic heterocycles. The number of benzene rings is 1. The Balaban J connectivity index is 2.33. The fourth-order valence-electron chi connectivity index (χ4n) is 1.93. The van der Waals surface area contributed by atoms with Crippen LogP contribution in [0.1, 0.15) is 17.5 Å². The third kappa shape index (κ3) is 1.53. The number of methoxy groups -OCH3 is 1. The maximum absolute atomic E-state index is 5.54. The van der Waals surface area contributed by atoms with Gasteiger partial charge in [0, 0.05) is 5.56 Å². The van der Waals surface area contributed by atoms with Crippen LogP contribution in [0.5, 0.6) is 5.75 Å². The second-order valence-electron chi connectivity index (χ2n) is 3.55. The molecule has 0 bridgehead atoms. The first-order valence-electron chi connectivity index (χ1n) is 4.90. The highest BCUT2D eigenvalue weighted by molar-refractivity contribution is 5.69. The van der Waals surface area contributed by atoms with Gasteiger partial charge in [0.25, 0.3) is 0 Å². The molecule has 0 atom stereocenters. The number of hydrogen-bond acceptors (Lipinski definition) is 2. The Morgan fingerprint density at radius 2 is 2.29 bits per heavy atom. The summed E-state index contributed by atoms with van der Waals surface area (Å²) in [7, 11) is 1.71. The Kier molecular flexibility index (Phi) is 2.55. The lowest BCUT2D eigenvalue weighted by atomic mass is 10.1. The standard InChI is InChI=1S/C12H15NO/c1-14-12-4-2-3-10-7-9(5-6-13)8-11(10)12/h2-4,8H,5-7,13H2,1H3. The molecule has 0 saturated carbocycles. The highest BCUT2D eigenvalue weighted by Crippen LogP contribution is 2.33. The molecule has 2 nitrogen and oxygen atoms in total. The number of fused-ring (bicyclic) bond motifs is 1. The summed E-state index contributed by atoms with van der Waals surface area (Å²) in [5.41, 5.74) is 9.54. The molecule has 2 rings (SSSR count). The molecular formula is C12H15NO. The molecule has 0 radical (unpaired) electrons. The van der Waals surface area contributed by atoms with Crippen molar-refractivity contribution in [2.45, 2.75) is 12.8 Å². The zero-order valence-corrected chi connectivity index (χ0v) is 8.42. The van der Waals surface area contributed by atoms with E-state index in [9.17, 15) is 0 Å². The predicted octanol–water partition coefficient (Wildman–Crippen LogP) is 1.98. The van der Waals surface area contributed by atoms with Gasteiger partial charge in [-0.05, 0) is 31.0 Å². The average Bonchev–Trinajstić information content (AvgIpc) is 2.60. The molecule has 0 saturated heterocycles. The maximum atomic E-state index is 5.54. The lowest BCUT2D eigenvalue weighted by Gasteiger charge is -2.04. The summed E-state index contributed by atoms with van der Waals surface area (Å²) < 4.78 is 5.31. The van der Waals surface area contributed by atoms with Crippen molar-refractivity contribution in [1.29, 1.82) is 0 Å². The van der Waals surface area contributed by atoms with Gasteiger partial charge in [0.15, 0.2) is 0 Å². The van der Waals surface area contributed by atoms with Crippen LogP contribution < -0.4 is 10.5 Å². The van der Waals surface area contributed by atoms with Crippen LogP contribution in [0.4, 0.5) is 0 Å². The molecule has 0 aromatic heterocycles. The predicted molar refractivity (Wildman–Crippen MR) is 58.3 cm³/mol. The van der Waals surface area contributed by atoms with Gasteiger partial charge in [-0.25, -0.2) is 0 Å². The quantitative estimate of drug-likeness (QED) is 0.789. The SMILES string of the molecule is COc1cccc2c1C=C(CCN)C2. The van der Waals surface area contributed by atoms with E-state index in [-0.39, 0.29) is 0 Å². The summed E-state index contributed by atoms with van der Waals surface area (Å²) in [4.78, 5) is 0. The van der Waals surface area contributed by atoms with Crippen molar-refractivity contribution in [2.75, 3.05) is 13.7 Å². The zero-order chi connectivity index (χ0) is 9.97. The number of ether oxygens (including phenoxy) is 1. The summed E-state index contributed by atoms with van der Waals surface area (Å²) in [5, 5.41) is 0. The molecule has 2 heteroatoms. The Morgan fingerprint density at radius 3 is 3.00 bits per heavy atom. The third-order valence-corrected chi connectivity index (χ3v) is 2.61. The van der Waals surface area contributed by atoms with Gasteiger partial charge in [0.1, 0.15) is 5.75 Å². The molecule has 1 aromatic rings. The molecule has 2 N–H and O–H groups in total. The van der Waals surface area contributed by atoms with Crippen LogP contribution in [0.15, 0.2) is 23.8 Å². The molecule has 1 aliphatic carbocycles.